The Morgan fingerprint density at radius 2 is 1.26 bits per heavy atom. The van der Waals surface area contributed by atoms with Crippen LogP contribution in [0.15, 0.2) is 102 Å². The highest BCUT2D eigenvalue weighted by molar-refractivity contribution is 6.08. The Bertz CT molecular complexity index is 862. The van der Waals surface area contributed by atoms with Gasteiger partial charge in [-0.1, -0.05) is 90.1 Å². The molecule has 0 saturated carbocycles. The number of allylic oxidation sites excluding steroid dienone is 2. The summed E-state index contributed by atoms with van der Waals surface area (Å²) < 4.78 is 13.0. The molecule has 0 atom stereocenters. The van der Waals surface area contributed by atoms with E-state index in [2.05, 4.69) is 5.16 Å². The maximum Gasteiger partial charge on any atom is 0.142 e. The lowest BCUT2D eigenvalue weighted by Crippen LogP contribution is -1.93. The van der Waals surface area contributed by atoms with E-state index in [1.165, 1.54) is 12.1 Å². The van der Waals surface area contributed by atoms with Crippen LogP contribution in [0.1, 0.15) is 16.7 Å². The zero-order valence-electron chi connectivity index (χ0n) is 14.8. The van der Waals surface area contributed by atoms with Crippen molar-refractivity contribution in [3.05, 3.63) is 120 Å². The number of benzene rings is 3. The second kappa shape index (κ2) is 9.88. The molecule has 3 aromatic carbocycles. The van der Waals surface area contributed by atoms with Crippen molar-refractivity contribution >= 4 is 17.9 Å². The smallest absolute Gasteiger partial charge is 0.142 e. The van der Waals surface area contributed by atoms with Gasteiger partial charge in [0.2, 0.25) is 0 Å². The molecule has 0 fully saturated rings. The number of halogens is 1. The first kappa shape index (κ1) is 18.3. The highest BCUT2D eigenvalue weighted by Gasteiger charge is 1.96. The van der Waals surface area contributed by atoms with Gasteiger partial charge in [0.1, 0.15) is 18.1 Å². The number of hydrogen-bond acceptors (Lipinski definition) is 2. The third-order valence-electron chi connectivity index (χ3n) is 3.81. The van der Waals surface area contributed by atoms with Crippen LogP contribution < -0.4 is 0 Å². The maximum atomic E-state index is 13.0. The maximum absolute atomic E-state index is 13.0. The van der Waals surface area contributed by atoms with Crippen molar-refractivity contribution in [1.29, 1.82) is 0 Å². The van der Waals surface area contributed by atoms with E-state index >= 15 is 0 Å². The van der Waals surface area contributed by atoms with Crippen LogP contribution in [0.25, 0.3) is 12.2 Å². The Labute approximate surface area is 158 Å². The summed E-state index contributed by atoms with van der Waals surface area (Å²) in [5, 5.41) is 4.22. The molecule has 0 saturated heterocycles. The minimum Gasteiger partial charge on any atom is -0.390 e. The molecular formula is C24H20FNO. The summed E-state index contributed by atoms with van der Waals surface area (Å²) in [5.41, 5.74) is 3.71. The van der Waals surface area contributed by atoms with Crippen LogP contribution in [0.2, 0.25) is 0 Å². The molecule has 0 heterocycles. The van der Waals surface area contributed by atoms with Crippen LogP contribution in [-0.4, -0.2) is 5.71 Å². The topological polar surface area (TPSA) is 21.6 Å². The summed E-state index contributed by atoms with van der Waals surface area (Å²) in [4.78, 5) is 5.46. The van der Waals surface area contributed by atoms with E-state index in [0.29, 0.717) is 5.71 Å². The summed E-state index contributed by atoms with van der Waals surface area (Å²) in [6.07, 6.45) is 7.77. The van der Waals surface area contributed by atoms with Crippen molar-refractivity contribution in [3.63, 3.8) is 0 Å². The Kier molecular flexibility index (Phi) is 6.71. The third-order valence-corrected chi connectivity index (χ3v) is 3.81. The van der Waals surface area contributed by atoms with E-state index < -0.39 is 0 Å². The zero-order chi connectivity index (χ0) is 18.7. The minimum absolute atomic E-state index is 0.264. The first-order chi connectivity index (χ1) is 13.3. The lowest BCUT2D eigenvalue weighted by Gasteiger charge is -2.01. The normalized spacial score (nSPS) is 11.0. The zero-order valence-corrected chi connectivity index (χ0v) is 14.8. The van der Waals surface area contributed by atoms with E-state index in [4.69, 9.17) is 4.84 Å². The highest BCUT2D eigenvalue weighted by atomic mass is 19.1. The summed E-state index contributed by atoms with van der Waals surface area (Å²) >= 11 is 0. The van der Waals surface area contributed by atoms with Gasteiger partial charge >= 0.3 is 0 Å². The first-order valence-corrected chi connectivity index (χ1v) is 8.70. The third kappa shape index (κ3) is 6.40. The molecule has 0 bridgehead atoms. The molecule has 3 heteroatoms. The van der Waals surface area contributed by atoms with Crippen LogP contribution in [-0.2, 0) is 11.4 Å². The quantitative estimate of drug-likeness (QED) is 0.368. The molecule has 0 aliphatic carbocycles. The van der Waals surface area contributed by atoms with E-state index in [0.717, 1.165) is 16.7 Å². The van der Waals surface area contributed by atoms with E-state index in [9.17, 15) is 4.39 Å². The van der Waals surface area contributed by atoms with Crippen molar-refractivity contribution in [2.24, 2.45) is 5.16 Å². The van der Waals surface area contributed by atoms with Crippen molar-refractivity contribution in [2.75, 3.05) is 0 Å². The second-order valence-electron chi connectivity index (χ2n) is 5.90. The lowest BCUT2D eigenvalue weighted by atomic mass is 10.1. The molecule has 0 aliphatic heterocycles. The van der Waals surface area contributed by atoms with Gasteiger partial charge in [0.15, 0.2) is 0 Å². The fourth-order valence-electron chi connectivity index (χ4n) is 2.37. The number of hydrogen-bond donors (Lipinski definition) is 0. The molecule has 0 unspecified atom stereocenters. The molecule has 0 amide bonds. The van der Waals surface area contributed by atoms with Gasteiger partial charge in [-0.2, -0.15) is 0 Å². The number of nitrogens with zero attached hydrogens (tertiary/aromatic N) is 1. The van der Waals surface area contributed by atoms with Gasteiger partial charge in [-0.3, -0.25) is 0 Å². The minimum atomic E-state index is -0.264. The molecule has 0 aromatic heterocycles. The summed E-state index contributed by atoms with van der Waals surface area (Å²) in [6.45, 7) is 0.280. The fourth-order valence-corrected chi connectivity index (χ4v) is 2.37. The fraction of sp³-hybridized carbons (Fsp3) is 0.0417. The molecule has 27 heavy (non-hydrogen) atoms. The largest absolute Gasteiger partial charge is 0.390 e. The monoisotopic (exact) mass is 357 g/mol. The van der Waals surface area contributed by atoms with Crippen LogP contribution in [0.5, 0.6) is 0 Å². The molecule has 0 N–H and O–H groups in total. The SMILES string of the molecule is Fc1ccc(CON=C(/C=C/c2ccccc2)/C=C/c2ccccc2)cc1. The van der Waals surface area contributed by atoms with Gasteiger partial charge in [-0.25, -0.2) is 4.39 Å². The molecule has 3 aromatic rings. The summed E-state index contributed by atoms with van der Waals surface area (Å²) in [6, 6.07) is 26.2. The Morgan fingerprint density at radius 3 is 1.78 bits per heavy atom. The molecule has 134 valence electrons. The average molecular weight is 357 g/mol. The van der Waals surface area contributed by atoms with Crippen molar-refractivity contribution in [3.8, 4) is 0 Å². The van der Waals surface area contributed by atoms with Crippen LogP contribution in [0, 0.1) is 5.82 Å². The summed E-state index contributed by atoms with van der Waals surface area (Å²) in [7, 11) is 0. The van der Waals surface area contributed by atoms with Crippen LogP contribution in [0.4, 0.5) is 4.39 Å². The predicted octanol–water partition coefficient (Wildman–Crippen LogP) is 6.13. The highest BCUT2D eigenvalue weighted by Crippen LogP contribution is 2.07. The average Bonchev–Trinajstić information content (AvgIpc) is 2.72. The van der Waals surface area contributed by atoms with Crippen molar-refractivity contribution < 1.29 is 9.23 Å². The standard InChI is InChI=1S/C24H20FNO/c25-23-15-11-22(12-16-23)19-27-26-24(17-13-20-7-3-1-4-8-20)18-14-21-9-5-2-6-10-21/h1-18H,19H2/b17-13+,18-14+. The molecule has 2 nitrogen and oxygen atoms in total. The van der Waals surface area contributed by atoms with E-state index in [-0.39, 0.29) is 12.4 Å². The lowest BCUT2D eigenvalue weighted by molar-refractivity contribution is 0.131. The van der Waals surface area contributed by atoms with Gasteiger partial charge in [-0.05, 0) is 41.0 Å². The Morgan fingerprint density at radius 1 is 0.741 bits per heavy atom. The molecule has 0 aliphatic rings. The molecule has 0 spiro atoms. The molecule has 3 rings (SSSR count). The Hall–Kier alpha value is -3.46. The Balaban J connectivity index is 1.72. The van der Waals surface area contributed by atoms with E-state index in [1.54, 1.807) is 12.1 Å². The first-order valence-electron chi connectivity index (χ1n) is 8.70. The van der Waals surface area contributed by atoms with Crippen LogP contribution >= 0.6 is 0 Å². The van der Waals surface area contributed by atoms with Gasteiger partial charge in [0.05, 0.1) is 0 Å². The molecular weight excluding hydrogens is 337 g/mol. The predicted molar refractivity (Wildman–Crippen MR) is 110 cm³/mol. The van der Waals surface area contributed by atoms with Crippen LogP contribution in [0.3, 0.4) is 0 Å². The number of oxime groups is 1. The van der Waals surface area contributed by atoms with Crippen molar-refractivity contribution in [1.82, 2.24) is 0 Å². The van der Waals surface area contributed by atoms with Gasteiger partial charge < -0.3 is 4.84 Å². The summed E-state index contributed by atoms with van der Waals surface area (Å²) in [5.74, 6) is -0.264. The van der Waals surface area contributed by atoms with Gasteiger partial charge in [0.25, 0.3) is 0 Å². The van der Waals surface area contributed by atoms with Gasteiger partial charge in [-0.15, -0.1) is 0 Å². The van der Waals surface area contributed by atoms with E-state index in [1.807, 2.05) is 85.0 Å². The second-order valence-corrected chi connectivity index (χ2v) is 5.90. The number of rotatable bonds is 7. The van der Waals surface area contributed by atoms with Gasteiger partial charge in [0, 0.05) is 0 Å². The van der Waals surface area contributed by atoms with Crippen molar-refractivity contribution in [2.45, 2.75) is 6.61 Å². The molecule has 0 radical (unpaired) electrons.